The molecule has 3 N–H and O–H groups in total. The molecule has 1 aliphatic rings. The van der Waals surface area contributed by atoms with Crippen LogP contribution in [0.25, 0.3) is 0 Å². The zero-order valence-electron chi connectivity index (χ0n) is 16.0. The molecule has 2 atom stereocenters. The predicted octanol–water partition coefficient (Wildman–Crippen LogP) is 3.40. The molecule has 148 valence electrons. The number of fused-ring (bicyclic) bond motifs is 1. The minimum Gasteiger partial charge on any atom is -0.394 e. The highest BCUT2D eigenvalue weighted by Crippen LogP contribution is 2.38. The first-order valence-corrected chi connectivity index (χ1v) is 9.77. The van der Waals surface area contributed by atoms with Crippen molar-refractivity contribution >= 4 is 17.3 Å². The SMILES string of the molecule is O=C(Nc1ccc2c(c1)CCN2C(c1ccccc1)C(O)CO)c1ccccc1. The lowest BCUT2D eigenvalue weighted by molar-refractivity contribution is 0.0717. The summed E-state index contributed by atoms with van der Waals surface area (Å²) in [5.41, 5.74) is 4.46. The fourth-order valence-corrected chi connectivity index (χ4v) is 3.95. The smallest absolute Gasteiger partial charge is 0.255 e. The van der Waals surface area contributed by atoms with Crippen LogP contribution >= 0.6 is 0 Å². The number of anilines is 2. The molecule has 3 aromatic rings. The van der Waals surface area contributed by atoms with Crippen molar-refractivity contribution in [2.24, 2.45) is 0 Å². The fourth-order valence-electron chi connectivity index (χ4n) is 3.95. The van der Waals surface area contributed by atoms with Gasteiger partial charge in [-0.05, 0) is 47.9 Å². The van der Waals surface area contributed by atoms with Crippen LogP contribution < -0.4 is 10.2 Å². The molecule has 0 saturated carbocycles. The molecule has 0 fully saturated rings. The van der Waals surface area contributed by atoms with Crippen LogP contribution in [-0.4, -0.2) is 35.4 Å². The summed E-state index contributed by atoms with van der Waals surface area (Å²) in [6, 6.07) is 24.4. The minimum atomic E-state index is -0.888. The Bertz CT molecular complexity index is 976. The molecular formula is C24H24N2O3. The summed E-state index contributed by atoms with van der Waals surface area (Å²) < 4.78 is 0. The highest BCUT2D eigenvalue weighted by atomic mass is 16.3. The first-order chi connectivity index (χ1) is 14.2. The van der Waals surface area contributed by atoms with Gasteiger partial charge in [0.25, 0.3) is 5.91 Å². The molecule has 0 aliphatic carbocycles. The number of rotatable bonds is 6. The summed E-state index contributed by atoms with van der Waals surface area (Å²) in [5.74, 6) is -0.140. The van der Waals surface area contributed by atoms with Gasteiger partial charge in [0.15, 0.2) is 0 Å². The van der Waals surface area contributed by atoms with Crippen LogP contribution in [-0.2, 0) is 6.42 Å². The molecule has 5 nitrogen and oxygen atoms in total. The Kier molecular flexibility index (Phi) is 5.60. The van der Waals surface area contributed by atoms with Gasteiger partial charge in [-0.25, -0.2) is 0 Å². The normalized spacial score (nSPS) is 14.9. The van der Waals surface area contributed by atoms with Crippen LogP contribution in [0.5, 0.6) is 0 Å². The van der Waals surface area contributed by atoms with Crippen LogP contribution in [0.3, 0.4) is 0 Å². The third kappa shape index (κ3) is 4.01. The average Bonchev–Trinajstić information content (AvgIpc) is 3.18. The lowest BCUT2D eigenvalue weighted by Gasteiger charge is -2.33. The van der Waals surface area contributed by atoms with E-state index in [-0.39, 0.29) is 18.6 Å². The van der Waals surface area contributed by atoms with Gasteiger partial charge >= 0.3 is 0 Å². The van der Waals surface area contributed by atoms with Gasteiger partial charge in [-0.1, -0.05) is 48.5 Å². The summed E-state index contributed by atoms with van der Waals surface area (Å²) >= 11 is 0. The lowest BCUT2D eigenvalue weighted by Crippen LogP contribution is -2.37. The largest absolute Gasteiger partial charge is 0.394 e. The Hall–Kier alpha value is -3.15. The minimum absolute atomic E-state index is 0.140. The zero-order valence-corrected chi connectivity index (χ0v) is 16.0. The topological polar surface area (TPSA) is 72.8 Å². The van der Waals surface area contributed by atoms with Crippen molar-refractivity contribution in [3.8, 4) is 0 Å². The maximum absolute atomic E-state index is 12.4. The quantitative estimate of drug-likeness (QED) is 0.605. The second kappa shape index (κ2) is 8.47. The number of carbonyl (C=O) groups is 1. The van der Waals surface area contributed by atoms with E-state index >= 15 is 0 Å². The van der Waals surface area contributed by atoms with Crippen LogP contribution in [0, 0.1) is 0 Å². The van der Waals surface area contributed by atoms with E-state index in [0.29, 0.717) is 5.56 Å². The van der Waals surface area contributed by atoms with Crippen LogP contribution in [0.4, 0.5) is 11.4 Å². The predicted molar refractivity (Wildman–Crippen MR) is 114 cm³/mol. The second-order valence-corrected chi connectivity index (χ2v) is 7.21. The first-order valence-electron chi connectivity index (χ1n) is 9.77. The summed E-state index contributed by atoms with van der Waals surface area (Å²) in [6.07, 6.45) is -0.0768. The van der Waals surface area contributed by atoms with Gasteiger partial charge in [-0.15, -0.1) is 0 Å². The van der Waals surface area contributed by atoms with E-state index < -0.39 is 6.10 Å². The van der Waals surface area contributed by atoms with E-state index in [2.05, 4.69) is 10.2 Å². The molecule has 29 heavy (non-hydrogen) atoms. The van der Waals surface area contributed by atoms with Crippen molar-refractivity contribution < 1.29 is 15.0 Å². The Morgan fingerprint density at radius 2 is 1.69 bits per heavy atom. The Labute approximate surface area is 170 Å². The number of nitrogens with one attached hydrogen (secondary N) is 1. The van der Waals surface area contributed by atoms with Crippen LogP contribution in [0.15, 0.2) is 78.9 Å². The molecular weight excluding hydrogens is 364 g/mol. The first kappa shape index (κ1) is 19.2. The molecule has 1 aliphatic heterocycles. The fraction of sp³-hybridized carbons (Fsp3) is 0.208. The molecule has 0 saturated heterocycles. The van der Waals surface area contributed by atoms with Crippen molar-refractivity contribution in [1.29, 1.82) is 0 Å². The van der Waals surface area contributed by atoms with E-state index in [0.717, 1.165) is 35.5 Å². The highest BCUT2D eigenvalue weighted by Gasteiger charge is 2.32. The number of hydrogen-bond donors (Lipinski definition) is 3. The van der Waals surface area contributed by atoms with E-state index in [1.807, 2.05) is 66.7 Å². The van der Waals surface area contributed by atoms with Gasteiger partial charge < -0.3 is 20.4 Å². The number of aliphatic hydroxyl groups is 2. The monoisotopic (exact) mass is 388 g/mol. The highest BCUT2D eigenvalue weighted by molar-refractivity contribution is 6.04. The molecule has 3 aromatic carbocycles. The molecule has 1 heterocycles. The lowest BCUT2D eigenvalue weighted by atomic mass is 9.99. The number of hydrogen-bond acceptors (Lipinski definition) is 4. The summed E-state index contributed by atoms with van der Waals surface area (Å²) in [7, 11) is 0. The number of amides is 1. The van der Waals surface area contributed by atoms with Crippen molar-refractivity contribution in [1.82, 2.24) is 0 Å². The Morgan fingerprint density at radius 1 is 1.00 bits per heavy atom. The standard InChI is InChI=1S/C24H24N2O3/c27-16-22(28)23(17-7-3-1-4-8-17)26-14-13-19-15-20(11-12-21(19)26)25-24(29)18-9-5-2-6-10-18/h1-12,15,22-23,27-28H,13-14,16H2,(H,25,29). The molecule has 1 amide bonds. The third-order valence-electron chi connectivity index (χ3n) is 5.33. The van der Waals surface area contributed by atoms with Gasteiger partial charge in [-0.2, -0.15) is 0 Å². The van der Waals surface area contributed by atoms with Gasteiger partial charge in [0.2, 0.25) is 0 Å². The number of aliphatic hydroxyl groups excluding tert-OH is 2. The molecule has 0 aromatic heterocycles. The van der Waals surface area contributed by atoms with Gasteiger partial charge in [0, 0.05) is 23.5 Å². The molecule has 2 unspecified atom stereocenters. The Morgan fingerprint density at radius 3 is 2.38 bits per heavy atom. The Balaban J connectivity index is 1.58. The second-order valence-electron chi connectivity index (χ2n) is 7.21. The van der Waals surface area contributed by atoms with Gasteiger partial charge in [0.1, 0.15) is 6.10 Å². The summed E-state index contributed by atoms with van der Waals surface area (Å²) in [5, 5.41) is 23.1. The molecule has 0 bridgehead atoms. The summed E-state index contributed by atoms with van der Waals surface area (Å²) in [4.78, 5) is 14.6. The van der Waals surface area contributed by atoms with Gasteiger partial charge in [-0.3, -0.25) is 4.79 Å². The van der Waals surface area contributed by atoms with Crippen molar-refractivity contribution in [2.45, 2.75) is 18.6 Å². The number of carbonyl (C=O) groups excluding carboxylic acids is 1. The van der Waals surface area contributed by atoms with E-state index in [1.54, 1.807) is 12.1 Å². The molecule has 0 spiro atoms. The number of benzene rings is 3. The van der Waals surface area contributed by atoms with E-state index in [1.165, 1.54) is 0 Å². The third-order valence-corrected chi connectivity index (χ3v) is 5.33. The maximum atomic E-state index is 12.4. The molecule has 4 rings (SSSR count). The van der Waals surface area contributed by atoms with E-state index in [4.69, 9.17) is 0 Å². The number of nitrogens with zero attached hydrogens (tertiary/aromatic N) is 1. The maximum Gasteiger partial charge on any atom is 0.255 e. The van der Waals surface area contributed by atoms with Crippen molar-refractivity contribution in [3.63, 3.8) is 0 Å². The van der Waals surface area contributed by atoms with Crippen LogP contribution in [0.2, 0.25) is 0 Å². The molecule has 5 heteroatoms. The zero-order chi connectivity index (χ0) is 20.2. The van der Waals surface area contributed by atoms with Crippen molar-refractivity contribution in [2.75, 3.05) is 23.4 Å². The van der Waals surface area contributed by atoms with E-state index in [9.17, 15) is 15.0 Å². The van der Waals surface area contributed by atoms with Gasteiger partial charge in [0.05, 0.1) is 12.6 Å². The summed E-state index contributed by atoms with van der Waals surface area (Å²) in [6.45, 7) is 0.429. The molecule has 0 radical (unpaired) electrons. The average molecular weight is 388 g/mol. The van der Waals surface area contributed by atoms with Crippen LogP contribution in [0.1, 0.15) is 27.5 Å². The van der Waals surface area contributed by atoms with Crippen molar-refractivity contribution in [3.05, 3.63) is 95.6 Å².